The third kappa shape index (κ3) is 5.11. The van der Waals surface area contributed by atoms with Crippen molar-refractivity contribution in [3.05, 3.63) is 247 Å². The first-order chi connectivity index (χ1) is 28.3. The van der Waals surface area contributed by atoms with Gasteiger partial charge in [-0.1, -0.05) is 194 Å². The van der Waals surface area contributed by atoms with Crippen molar-refractivity contribution in [3.63, 3.8) is 0 Å². The normalized spacial score (nSPS) is 12.8. The molecule has 9 aromatic carbocycles. The molecular formula is C55H37NO. The first kappa shape index (κ1) is 33.0. The van der Waals surface area contributed by atoms with Crippen molar-refractivity contribution in [2.24, 2.45) is 0 Å². The summed E-state index contributed by atoms with van der Waals surface area (Å²) in [5.41, 5.74) is 16.9. The maximum absolute atomic E-state index is 7.09. The summed E-state index contributed by atoms with van der Waals surface area (Å²) in [6.07, 6.45) is 0. The number of fused-ring (bicyclic) bond motifs is 9. The molecule has 1 heterocycles. The van der Waals surface area contributed by atoms with Gasteiger partial charge in [0.25, 0.3) is 0 Å². The third-order valence-electron chi connectivity index (χ3n) is 11.7. The van der Waals surface area contributed by atoms with E-state index in [-0.39, 0.29) is 0 Å². The highest BCUT2D eigenvalue weighted by atomic mass is 16.5. The summed E-state index contributed by atoms with van der Waals surface area (Å²) in [6, 6.07) is 80.9. The van der Waals surface area contributed by atoms with Gasteiger partial charge in [-0.3, -0.25) is 0 Å². The van der Waals surface area contributed by atoms with Crippen molar-refractivity contribution < 1.29 is 4.74 Å². The van der Waals surface area contributed by atoms with Gasteiger partial charge in [-0.05, 0) is 69.3 Å². The second-order valence-corrected chi connectivity index (χ2v) is 14.8. The molecule has 2 nitrogen and oxygen atoms in total. The molecule has 57 heavy (non-hydrogen) atoms. The number of benzene rings is 9. The number of rotatable bonds is 6. The van der Waals surface area contributed by atoms with Crippen molar-refractivity contribution >= 4 is 17.1 Å². The van der Waals surface area contributed by atoms with Crippen LogP contribution in [0.25, 0.3) is 44.5 Å². The molecular weight excluding hydrogens is 691 g/mol. The summed E-state index contributed by atoms with van der Waals surface area (Å²) >= 11 is 0. The van der Waals surface area contributed by atoms with E-state index in [0.29, 0.717) is 0 Å². The Hall–Kier alpha value is -7.42. The average Bonchev–Trinajstić information content (AvgIpc) is 3.58. The summed E-state index contributed by atoms with van der Waals surface area (Å²) in [6.45, 7) is 0. The van der Waals surface area contributed by atoms with E-state index in [1.807, 2.05) is 0 Å². The van der Waals surface area contributed by atoms with Crippen LogP contribution in [-0.2, 0) is 5.41 Å². The molecule has 0 fully saturated rings. The van der Waals surface area contributed by atoms with Crippen LogP contribution in [0.1, 0.15) is 22.3 Å². The predicted molar refractivity (Wildman–Crippen MR) is 235 cm³/mol. The van der Waals surface area contributed by atoms with Crippen LogP contribution < -0.4 is 9.64 Å². The van der Waals surface area contributed by atoms with Gasteiger partial charge in [0.05, 0.1) is 16.8 Å². The van der Waals surface area contributed by atoms with Gasteiger partial charge >= 0.3 is 0 Å². The predicted octanol–water partition coefficient (Wildman–Crippen LogP) is 14.6. The van der Waals surface area contributed by atoms with Gasteiger partial charge in [0.15, 0.2) is 0 Å². The van der Waals surface area contributed by atoms with Gasteiger partial charge in [0.2, 0.25) is 0 Å². The molecule has 0 N–H and O–H groups in total. The van der Waals surface area contributed by atoms with E-state index >= 15 is 0 Å². The molecule has 11 rings (SSSR count). The van der Waals surface area contributed by atoms with Crippen molar-refractivity contribution in [3.8, 4) is 56.0 Å². The summed E-state index contributed by atoms with van der Waals surface area (Å²) in [4.78, 5) is 2.42. The Balaban J connectivity index is 1.15. The lowest BCUT2D eigenvalue weighted by Gasteiger charge is -2.40. The highest BCUT2D eigenvalue weighted by molar-refractivity contribution is 5.95. The second-order valence-electron chi connectivity index (χ2n) is 14.8. The molecule has 1 spiro atoms. The molecule has 0 amide bonds. The molecule has 0 unspecified atom stereocenters. The Labute approximate surface area is 333 Å². The van der Waals surface area contributed by atoms with Gasteiger partial charge in [-0.25, -0.2) is 0 Å². The molecule has 9 aromatic rings. The number of hydrogen-bond acceptors (Lipinski definition) is 2. The first-order valence-electron chi connectivity index (χ1n) is 19.6. The van der Waals surface area contributed by atoms with E-state index in [9.17, 15) is 0 Å². The van der Waals surface area contributed by atoms with Crippen LogP contribution >= 0.6 is 0 Å². The second kappa shape index (κ2) is 13.4. The molecule has 0 atom stereocenters. The SMILES string of the molecule is c1ccc(-c2ccccc2N(c2cccc(-c3cccc4c3Oc3ccccc3C43c4ccccc4-c4ccccc43)c2)c2ccccc2-c2ccccc2)cc1. The highest BCUT2D eigenvalue weighted by Gasteiger charge is 2.51. The van der Waals surface area contributed by atoms with Crippen molar-refractivity contribution in [2.75, 3.05) is 4.90 Å². The third-order valence-corrected chi connectivity index (χ3v) is 11.7. The Morgan fingerprint density at radius 1 is 0.316 bits per heavy atom. The maximum Gasteiger partial charge on any atom is 0.140 e. The highest BCUT2D eigenvalue weighted by Crippen LogP contribution is 2.63. The molecule has 1 aliphatic carbocycles. The fraction of sp³-hybridized carbons (Fsp3) is 0.0182. The topological polar surface area (TPSA) is 12.5 Å². The van der Waals surface area contributed by atoms with Crippen LogP contribution in [-0.4, -0.2) is 0 Å². The number of anilines is 3. The number of ether oxygens (including phenoxy) is 1. The van der Waals surface area contributed by atoms with Crippen LogP contribution in [0.2, 0.25) is 0 Å². The molecule has 0 aromatic heterocycles. The largest absolute Gasteiger partial charge is 0.456 e. The zero-order valence-corrected chi connectivity index (χ0v) is 31.2. The average molecular weight is 728 g/mol. The summed E-state index contributed by atoms with van der Waals surface area (Å²) in [5.74, 6) is 1.77. The van der Waals surface area contributed by atoms with E-state index in [4.69, 9.17) is 4.74 Å². The molecule has 0 bridgehead atoms. The van der Waals surface area contributed by atoms with Crippen molar-refractivity contribution in [1.29, 1.82) is 0 Å². The van der Waals surface area contributed by atoms with Gasteiger partial charge in [-0.15, -0.1) is 0 Å². The summed E-state index contributed by atoms with van der Waals surface area (Å²) in [5, 5.41) is 0. The lowest BCUT2D eigenvalue weighted by atomic mass is 9.65. The Kier molecular flexibility index (Phi) is 7.75. The quantitative estimate of drug-likeness (QED) is 0.169. The summed E-state index contributed by atoms with van der Waals surface area (Å²) in [7, 11) is 0. The maximum atomic E-state index is 7.09. The van der Waals surface area contributed by atoms with Gasteiger partial charge in [0.1, 0.15) is 11.5 Å². The molecule has 0 saturated heterocycles. The zero-order valence-electron chi connectivity index (χ0n) is 31.2. The first-order valence-corrected chi connectivity index (χ1v) is 19.6. The zero-order chi connectivity index (χ0) is 37.8. The summed E-state index contributed by atoms with van der Waals surface area (Å²) < 4.78 is 7.09. The van der Waals surface area contributed by atoms with Gasteiger partial charge < -0.3 is 9.64 Å². The van der Waals surface area contributed by atoms with Crippen LogP contribution in [0.5, 0.6) is 11.5 Å². The lowest BCUT2D eigenvalue weighted by Crippen LogP contribution is -2.32. The molecule has 0 radical (unpaired) electrons. The molecule has 268 valence electrons. The molecule has 0 saturated carbocycles. The van der Waals surface area contributed by atoms with E-state index in [1.165, 1.54) is 27.8 Å². The van der Waals surface area contributed by atoms with Gasteiger partial charge in [0, 0.05) is 33.5 Å². The van der Waals surface area contributed by atoms with Crippen molar-refractivity contribution in [2.45, 2.75) is 5.41 Å². The fourth-order valence-electron chi connectivity index (χ4n) is 9.39. The standard InChI is InChI=1S/C55H37NO/c1-3-19-38(20-4-1)42-25-9-14-34-51(42)56(52-35-15-10-26-43(52)39-21-5-2-6-22-39)41-24-17-23-40(37-41)44-29-18-33-50-54(44)57-53-36-16-13-32-49(53)55(50)47-30-11-7-27-45(47)46-28-8-12-31-48(46)55/h1-37H. The minimum Gasteiger partial charge on any atom is -0.456 e. The Morgan fingerprint density at radius 3 is 1.37 bits per heavy atom. The van der Waals surface area contributed by atoms with Crippen LogP contribution in [0.3, 0.4) is 0 Å². The molecule has 2 aliphatic rings. The van der Waals surface area contributed by atoms with Crippen LogP contribution in [0, 0.1) is 0 Å². The Bertz CT molecular complexity index is 2820. The smallest absolute Gasteiger partial charge is 0.140 e. The van der Waals surface area contributed by atoms with E-state index < -0.39 is 5.41 Å². The van der Waals surface area contributed by atoms with E-state index in [0.717, 1.165) is 67.5 Å². The lowest BCUT2D eigenvalue weighted by molar-refractivity contribution is 0.438. The molecule has 2 heteroatoms. The van der Waals surface area contributed by atoms with Gasteiger partial charge in [-0.2, -0.15) is 0 Å². The van der Waals surface area contributed by atoms with Crippen LogP contribution in [0.4, 0.5) is 17.1 Å². The monoisotopic (exact) mass is 727 g/mol. The fourth-order valence-corrected chi connectivity index (χ4v) is 9.39. The Morgan fingerprint density at radius 2 is 0.754 bits per heavy atom. The van der Waals surface area contributed by atoms with E-state index in [2.05, 4.69) is 229 Å². The van der Waals surface area contributed by atoms with Crippen molar-refractivity contribution in [1.82, 2.24) is 0 Å². The van der Waals surface area contributed by atoms with E-state index in [1.54, 1.807) is 0 Å². The molecule has 1 aliphatic heterocycles. The number of para-hydroxylation sites is 4. The number of nitrogens with zero attached hydrogens (tertiary/aromatic N) is 1. The minimum absolute atomic E-state index is 0.528. The minimum atomic E-state index is -0.528. The van der Waals surface area contributed by atoms with Crippen LogP contribution in [0.15, 0.2) is 224 Å². The number of hydrogen-bond donors (Lipinski definition) is 0.